The van der Waals surface area contributed by atoms with E-state index >= 15 is 0 Å². The molecule has 4 rings (SSSR count). The molecule has 1 N–H and O–H groups in total. The predicted octanol–water partition coefficient (Wildman–Crippen LogP) is 2.01. The van der Waals surface area contributed by atoms with Crippen LogP contribution in [-0.4, -0.2) is 47.8 Å². The fourth-order valence-electron chi connectivity index (χ4n) is 3.76. The van der Waals surface area contributed by atoms with Crippen LogP contribution in [0, 0.1) is 17.2 Å². The summed E-state index contributed by atoms with van der Waals surface area (Å²) in [6.45, 7) is 4.24. The van der Waals surface area contributed by atoms with Crippen molar-refractivity contribution in [2.45, 2.75) is 37.3 Å². The highest BCUT2D eigenvalue weighted by Gasteiger charge is 2.46. The molecule has 116 valence electrons. The molecule has 2 atom stereocenters. The van der Waals surface area contributed by atoms with E-state index in [0.717, 1.165) is 37.7 Å². The molecule has 2 aliphatic heterocycles. The van der Waals surface area contributed by atoms with Crippen LogP contribution < -0.4 is 5.32 Å². The number of ether oxygens (including phenoxy) is 1. The normalized spacial score (nSPS) is 31.5. The molecular weight excluding hydrogens is 276 g/mol. The third-order valence-corrected chi connectivity index (χ3v) is 5.03. The average Bonchev–Trinajstić information content (AvgIpc) is 3.13. The van der Waals surface area contributed by atoms with Crippen molar-refractivity contribution in [1.29, 1.82) is 5.26 Å². The molecule has 1 aromatic rings. The number of nitrogens with zero attached hydrogens (tertiary/aromatic N) is 3. The first-order chi connectivity index (χ1) is 10.7. The number of hydrogen-bond acceptors (Lipinski definition) is 5. The van der Waals surface area contributed by atoms with E-state index in [1.807, 2.05) is 12.1 Å². The zero-order valence-electron chi connectivity index (χ0n) is 12.8. The fourth-order valence-corrected chi connectivity index (χ4v) is 3.76. The summed E-state index contributed by atoms with van der Waals surface area (Å²) in [4.78, 5) is 6.87. The van der Waals surface area contributed by atoms with Gasteiger partial charge in [0.25, 0.3) is 0 Å². The SMILES string of the molecule is N#Cc1cccc(NC2COC3(CCN(CC4CC4)C3)C2)n1. The standard InChI is InChI=1S/C17H22N4O/c18-9-14-2-1-3-16(19-14)20-15-8-17(22-11-15)6-7-21(12-17)10-13-4-5-13/h1-3,13,15H,4-8,10-12H2,(H,19,20). The summed E-state index contributed by atoms with van der Waals surface area (Å²) in [6.07, 6.45) is 5.00. The molecule has 5 heteroatoms. The van der Waals surface area contributed by atoms with Crippen molar-refractivity contribution in [1.82, 2.24) is 9.88 Å². The Kier molecular flexibility index (Phi) is 3.51. The van der Waals surface area contributed by atoms with E-state index in [0.29, 0.717) is 11.7 Å². The van der Waals surface area contributed by atoms with Gasteiger partial charge in [0, 0.05) is 26.1 Å². The van der Waals surface area contributed by atoms with Crippen LogP contribution in [-0.2, 0) is 4.74 Å². The van der Waals surface area contributed by atoms with Gasteiger partial charge in [-0.05, 0) is 37.3 Å². The van der Waals surface area contributed by atoms with Crippen molar-refractivity contribution in [3.05, 3.63) is 23.9 Å². The lowest BCUT2D eigenvalue weighted by atomic mass is 9.97. The number of nitrogens with one attached hydrogen (secondary N) is 1. The number of pyridine rings is 1. The minimum absolute atomic E-state index is 0.0411. The molecule has 1 spiro atoms. The summed E-state index contributed by atoms with van der Waals surface area (Å²) in [5, 5.41) is 12.4. The van der Waals surface area contributed by atoms with Gasteiger partial charge in [0.2, 0.25) is 0 Å². The minimum atomic E-state index is 0.0411. The van der Waals surface area contributed by atoms with Gasteiger partial charge in [-0.2, -0.15) is 5.26 Å². The van der Waals surface area contributed by atoms with Crippen LogP contribution in [0.3, 0.4) is 0 Å². The van der Waals surface area contributed by atoms with E-state index in [1.54, 1.807) is 6.07 Å². The molecule has 3 heterocycles. The zero-order chi connectivity index (χ0) is 15.0. The van der Waals surface area contributed by atoms with Gasteiger partial charge in [-0.15, -0.1) is 0 Å². The smallest absolute Gasteiger partial charge is 0.142 e. The maximum Gasteiger partial charge on any atom is 0.142 e. The van der Waals surface area contributed by atoms with Gasteiger partial charge < -0.3 is 15.0 Å². The van der Waals surface area contributed by atoms with Crippen LogP contribution in [0.2, 0.25) is 0 Å². The van der Waals surface area contributed by atoms with E-state index in [-0.39, 0.29) is 5.60 Å². The summed E-state index contributed by atoms with van der Waals surface area (Å²) in [5.41, 5.74) is 0.495. The second-order valence-electron chi connectivity index (χ2n) is 6.99. The van der Waals surface area contributed by atoms with Crippen LogP contribution in [0.5, 0.6) is 0 Å². The first kappa shape index (κ1) is 14.0. The third kappa shape index (κ3) is 2.94. The van der Waals surface area contributed by atoms with Crippen molar-refractivity contribution in [3.63, 3.8) is 0 Å². The summed E-state index contributed by atoms with van der Waals surface area (Å²) >= 11 is 0. The largest absolute Gasteiger partial charge is 0.371 e. The molecule has 0 radical (unpaired) electrons. The van der Waals surface area contributed by atoms with Crippen molar-refractivity contribution in [2.75, 3.05) is 31.6 Å². The molecule has 5 nitrogen and oxygen atoms in total. The summed E-state index contributed by atoms with van der Waals surface area (Å²) in [6, 6.07) is 7.89. The number of rotatable bonds is 4. The van der Waals surface area contributed by atoms with Crippen LogP contribution in [0.15, 0.2) is 18.2 Å². The average molecular weight is 298 g/mol. The first-order valence-corrected chi connectivity index (χ1v) is 8.25. The van der Waals surface area contributed by atoms with E-state index in [4.69, 9.17) is 10.00 Å². The maximum atomic E-state index is 8.93. The number of hydrogen-bond donors (Lipinski definition) is 1. The molecule has 1 saturated carbocycles. The molecule has 1 aromatic heterocycles. The molecule has 0 bridgehead atoms. The number of aromatic nitrogens is 1. The Balaban J connectivity index is 1.35. The predicted molar refractivity (Wildman–Crippen MR) is 83.4 cm³/mol. The van der Waals surface area contributed by atoms with Crippen molar-refractivity contribution >= 4 is 5.82 Å². The summed E-state index contributed by atoms with van der Waals surface area (Å²) < 4.78 is 6.18. The number of likely N-dealkylation sites (tertiary alicyclic amines) is 1. The topological polar surface area (TPSA) is 61.2 Å². The highest BCUT2D eigenvalue weighted by atomic mass is 16.5. The van der Waals surface area contributed by atoms with Crippen LogP contribution >= 0.6 is 0 Å². The van der Waals surface area contributed by atoms with Crippen molar-refractivity contribution in [3.8, 4) is 6.07 Å². The van der Waals surface area contributed by atoms with Gasteiger partial charge in [-0.3, -0.25) is 0 Å². The van der Waals surface area contributed by atoms with Gasteiger partial charge in [-0.25, -0.2) is 4.98 Å². The monoisotopic (exact) mass is 298 g/mol. The van der Waals surface area contributed by atoms with Crippen LogP contribution in [0.1, 0.15) is 31.4 Å². The fraction of sp³-hybridized carbons (Fsp3) is 0.647. The quantitative estimate of drug-likeness (QED) is 0.921. The maximum absolute atomic E-state index is 8.93. The second kappa shape index (κ2) is 5.53. The Morgan fingerprint density at radius 2 is 2.36 bits per heavy atom. The number of anilines is 1. The van der Waals surface area contributed by atoms with Gasteiger partial charge >= 0.3 is 0 Å². The van der Waals surface area contributed by atoms with Gasteiger partial charge in [-0.1, -0.05) is 6.07 Å². The Bertz CT molecular complexity index is 595. The minimum Gasteiger partial charge on any atom is -0.371 e. The van der Waals surface area contributed by atoms with E-state index in [2.05, 4.69) is 21.3 Å². The Morgan fingerprint density at radius 3 is 3.18 bits per heavy atom. The summed E-state index contributed by atoms with van der Waals surface area (Å²) in [5.74, 6) is 1.72. The first-order valence-electron chi connectivity index (χ1n) is 8.25. The van der Waals surface area contributed by atoms with Gasteiger partial charge in [0.15, 0.2) is 0 Å². The summed E-state index contributed by atoms with van der Waals surface area (Å²) in [7, 11) is 0. The molecular formula is C17H22N4O. The van der Waals surface area contributed by atoms with E-state index in [9.17, 15) is 0 Å². The van der Waals surface area contributed by atoms with Crippen LogP contribution in [0.25, 0.3) is 0 Å². The van der Waals surface area contributed by atoms with Crippen molar-refractivity contribution < 1.29 is 4.74 Å². The third-order valence-electron chi connectivity index (χ3n) is 5.03. The molecule has 0 amide bonds. The number of nitriles is 1. The highest BCUT2D eigenvalue weighted by molar-refractivity contribution is 5.39. The molecule has 0 aromatic carbocycles. The molecule has 22 heavy (non-hydrogen) atoms. The molecule has 2 saturated heterocycles. The van der Waals surface area contributed by atoms with Crippen molar-refractivity contribution in [2.24, 2.45) is 5.92 Å². The Labute approximate surface area is 131 Å². The Morgan fingerprint density at radius 1 is 1.45 bits per heavy atom. The molecule has 3 fully saturated rings. The zero-order valence-corrected chi connectivity index (χ0v) is 12.8. The molecule has 2 unspecified atom stereocenters. The molecule has 3 aliphatic rings. The lowest BCUT2D eigenvalue weighted by Gasteiger charge is -2.23. The lowest BCUT2D eigenvalue weighted by Crippen LogP contribution is -2.34. The van der Waals surface area contributed by atoms with Crippen LogP contribution in [0.4, 0.5) is 5.82 Å². The lowest BCUT2D eigenvalue weighted by molar-refractivity contribution is 0.0123. The van der Waals surface area contributed by atoms with Gasteiger partial charge in [0.05, 0.1) is 18.2 Å². The Hall–Kier alpha value is -1.64. The second-order valence-corrected chi connectivity index (χ2v) is 6.99. The van der Waals surface area contributed by atoms with E-state index in [1.165, 1.54) is 25.9 Å². The van der Waals surface area contributed by atoms with Gasteiger partial charge in [0.1, 0.15) is 17.6 Å². The highest BCUT2D eigenvalue weighted by Crippen LogP contribution is 2.38. The molecule has 1 aliphatic carbocycles. The van der Waals surface area contributed by atoms with E-state index < -0.39 is 0 Å².